The summed E-state index contributed by atoms with van der Waals surface area (Å²) in [6.45, 7) is 0. The Morgan fingerprint density at radius 2 is 1.79 bits per heavy atom. The number of aromatic nitrogens is 2. The maximum Gasteiger partial charge on any atom is 0.416 e. The lowest BCUT2D eigenvalue weighted by Crippen LogP contribution is -2.15. The molecule has 33 heavy (non-hydrogen) atoms. The Labute approximate surface area is 192 Å². The predicted octanol–water partition coefficient (Wildman–Crippen LogP) is 6.06. The van der Waals surface area contributed by atoms with E-state index in [4.69, 9.17) is 4.74 Å². The summed E-state index contributed by atoms with van der Waals surface area (Å²) in [7, 11) is 1.55. The molecule has 0 unspecified atom stereocenters. The van der Waals surface area contributed by atoms with Crippen LogP contribution in [-0.2, 0) is 11.0 Å². The molecule has 0 aliphatic carbocycles. The summed E-state index contributed by atoms with van der Waals surface area (Å²) in [5, 5.41) is 3.79. The zero-order chi connectivity index (χ0) is 23.4. The van der Waals surface area contributed by atoms with Crippen molar-refractivity contribution in [1.82, 2.24) is 9.97 Å². The summed E-state index contributed by atoms with van der Waals surface area (Å²) in [6, 6.07) is 19.3. The van der Waals surface area contributed by atoms with Gasteiger partial charge in [-0.15, -0.1) is 0 Å². The van der Waals surface area contributed by atoms with Gasteiger partial charge in [-0.3, -0.25) is 4.79 Å². The second-order valence-electron chi connectivity index (χ2n) is 7.02. The molecule has 0 spiro atoms. The zero-order valence-electron chi connectivity index (χ0n) is 17.4. The summed E-state index contributed by atoms with van der Waals surface area (Å²) in [5.74, 6) is 0.631. The van der Waals surface area contributed by atoms with E-state index >= 15 is 0 Å². The highest BCUT2D eigenvalue weighted by Gasteiger charge is 2.30. The van der Waals surface area contributed by atoms with Gasteiger partial charge in [-0.2, -0.15) is 13.2 Å². The second-order valence-corrected chi connectivity index (χ2v) is 7.98. The van der Waals surface area contributed by atoms with Crippen molar-refractivity contribution in [2.24, 2.45) is 0 Å². The fourth-order valence-electron chi connectivity index (χ4n) is 3.14. The highest BCUT2D eigenvalue weighted by Crippen LogP contribution is 2.32. The van der Waals surface area contributed by atoms with Crippen LogP contribution in [0.4, 0.5) is 18.9 Å². The summed E-state index contributed by atoms with van der Waals surface area (Å²) < 4.78 is 44.1. The van der Waals surface area contributed by atoms with Crippen molar-refractivity contribution in [2.75, 3.05) is 18.2 Å². The van der Waals surface area contributed by atoms with Crippen LogP contribution < -0.4 is 10.1 Å². The van der Waals surface area contributed by atoms with Gasteiger partial charge >= 0.3 is 6.18 Å². The van der Waals surface area contributed by atoms with Gasteiger partial charge in [-0.05, 0) is 36.4 Å². The molecule has 4 rings (SSSR count). The molecule has 0 radical (unpaired) electrons. The quantitative estimate of drug-likeness (QED) is 0.275. The van der Waals surface area contributed by atoms with Crippen molar-refractivity contribution >= 4 is 34.3 Å². The topological polar surface area (TPSA) is 64.1 Å². The van der Waals surface area contributed by atoms with E-state index in [0.717, 1.165) is 17.7 Å². The normalized spacial score (nSPS) is 11.4. The molecular formula is C24H18F3N3O2S. The van der Waals surface area contributed by atoms with Crippen molar-refractivity contribution in [1.29, 1.82) is 0 Å². The van der Waals surface area contributed by atoms with Gasteiger partial charge in [-0.25, -0.2) is 9.97 Å². The van der Waals surface area contributed by atoms with Crippen LogP contribution in [0.25, 0.3) is 22.3 Å². The summed E-state index contributed by atoms with van der Waals surface area (Å²) in [6.07, 6.45) is -4.48. The van der Waals surface area contributed by atoms with Crippen LogP contribution in [0.1, 0.15) is 5.56 Å². The number of hydrogen-bond acceptors (Lipinski definition) is 5. The number of carbonyl (C=O) groups excluding carboxylic acids is 1. The Balaban J connectivity index is 1.59. The minimum Gasteiger partial charge on any atom is -0.497 e. The number of nitrogens with zero attached hydrogens (tertiary/aromatic N) is 2. The maximum atomic E-state index is 12.9. The zero-order valence-corrected chi connectivity index (χ0v) is 18.2. The molecule has 168 valence electrons. The first-order valence-electron chi connectivity index (χ1n) is 9.84. The van der Waals surface area contributed by atoms with Crippen LogP contribution in [0.15, 0.2) is 77.8 Å². The molecule has 0 bridgehead atoms. The average Bonchev–Trinajstić information content (AvgIpc) is 2.82. The minimum atomic E-state index is -4.48. The second kappa shape index (κ2) is 9.50. The smallest absolute Gasteiger partial charge is 0.416 e. The van der Waals surface area contributed by atoms with E-state index < -0.39 is 17.6 Å². The molecule has 1 aromatic heterocycles. The van der Waals surface area contributed by atoms with Crippen molar-refractivity contribution in [3.05, 3.63) is 78.4 Å². The average molecular weight is 469 g/mol. The SMILES string of the molecule is COc1ccc2nc(-c3ccccc3)nc(SCC(=O)Nc3cccc(C(F)(F)F)c3)c2c1. The first-order chi connectivity index (χ1) is 15.8. The van der Waals surface area contributed by atoms with Crippen LogP contribution >= 0.6 is 11.8 Å². The molecule has 1 amide bonds. The molecule has 0 saturated heterocycles. The van der Waals surface area contributed by atoms with E-state index in [1.807, 2.05) is 36.4 Å². The van der Waals surface area contributed by atoms with Gasteiger partial charge in [-0.1, -0.05) is 48.2 Å². The fourth-order valence-corrected chi connectivity index (χ4v) is 3.95. The molecule has 0 atom stereocenters. The lowest BCUT2D eigenvalue weighted by molar-refractivity contribution is -0.137. The van der Waals surface area contributed by atoms with E-state index in [-0.39, 0.29) is 11.4 Å². The summed E-state index contributed by atoms with van der Waals surface area (Å²) in [5.41, 5.74) is 0.764. The molecule has 0 saturated carbocycles. The largest absolute Gasteiger partial charge is 0.497 e. The van der Waals surface area contributed by atoms with E-state index in [0.29, 0.717) is 27.5 Å². The number of fused-ring (bicyclic) bond motifs is 1. The Hall–Kier alpha value is -3.59. The number of halogens is 3. The lowest BCUT2D eigenvalue weighted by Gasteiger charge is -2.11. The molecule has 3 aromatic carbocycles. The molecular weight excluding hydrogens is 451 g/mol. The number of ether oxygens (including phenoxy) is 1. The molecule has 1 heterocycles. The first kappa shape index (κ1) is 22.6. The predicted molar refractivity (Wildman–Crippen MR) is 122 cm³/mol. The van der Waals surface area contributed by atoms with Crippen molar-refractivity contribution in [3.8, 4) is 17.1 Å². The highest BCUT2D eigenvalue weighted by molar-refractivity contribution is 8.00. The number of benzene rings is 3. The summed E-state index contributed by atoms with van der Waals surface area (Å²) >= 11 is 1.17. The Morgan fingerprint density at radius 1 is 1.00 bits per heavy atom. The number of anilines is 1. The van der Waals surface area contributed by atoms with Gasteiger partial charge in [0, 0.05) is 16.6 Å². The van der Waals surface area contributed by atoms with Crippen molar-refractivity contribution < 1.29 is 22.7 Å². The molecule has 0 aliphatic rings. The lowest BCUT2D eigenvalue weighted by atomic mass is 10.2. The van der Waals surface area contributed by atoms with Gasteiger partial charge < -0.3 is 10.1 Å². The first-order valence-corrected chi connectivity index (χ1v) is 10.8. The van der Waals surface area contributed by atoms with Crippen molar-refractivity contribution in [2.45, 2.75) is 11.2 Å². The van der Waals surface area contributed by atoms with Gasteiger partial charge in [0.1, 0.15) is 10.8 Å². The van der Waals surface area contributed by atoms with Gasteiger partial charge in [0.25, 0.3) is 0 Å². The van der Waals surface area contributed by atoms with Gasteiger partial charge in [0.05, 0.1) is 23.9 Å². The van der Waals surface area contributed by atoms with Crippen molar-refractivity contribution in [3.63, 3.8) is 0 Å². The molecule has 9 heteroatoms. The van der Waals surface area contributed by atoms with Crippen LogP contribution in [-0.4, -0.2) is 28.7 Å². The number of hydrogen-bond donors (Lipinski definition) is 1. The summed E-state index contributed by atoms with van der Waals surface area (Å²) in [4.78, 5) is 21.7. The van der Waals surface area contributed by atoms with E-state index in [2.05, 4.69) is 15.3 Å². The number of alkyl halides is 3. The number of rotatable bonds is 6. The number of carbonyl (C=O) groups is 1. The molecule has 0 fully saturated rings. The molecule has 1 N–H and O–H groups in total. The third-order valence-electron chi connectivity index (χ3n) is 4.71. The highest BCUT2D eigenvalue weighted by atomic mass is 32.2. The Kier molecular flexibility index (Phi) is 6.50. The van der Waals surface area contributed by atoms with E-state index in [1.165, 1.54) is 23.9 Å². The Bertz CT molecular complexity index is 1300. The Morgan fingerprint density at radius 3 is 2.52 bits per heavy atom. The fraction of sp³-hybridized carbons (Fsp3) is 0.125. The van der Waals surface area contributed by atoms with E-state index in [9.17, 15) is 18.0 Å². The number of amides is 1. The number of methoxy groups -OCH3 is 1. The third-order valence-corrected chi connectivity index (χ3v) is 5.70. The maximum absolute atomic E-state index is 12.9. The van der Waals surface area contributed by atoms with Crippen LogP contribution in [0.3, 0.4) is 0 Å². The number of thioether (sulfide) groups is 1. The van der Waals surface area contributed by atoms with Crippen LogP contribution in [0.2, 0.25) is 0 Å². The van der Waals surface area contributed by atoms with Crippen LogP contribution in [0.5, 0.6) is 5.75 Å². The number of nitrogens with one attached hydrogen (secondary N) is 1. The monoisotopic (exact) mass is 469 g/mol. The van der Waals surface area contributed by atoms with Gasteiger partial charge in [0.15, 0.2) is 5.82 Å². The standard InChI is InChI=1S/C24H18F3N3O2S/c1-32-18-10-11-20-19(13-18)23(30-22(29-20)15-6-3-2-4-7-15)33-14-21(31)28-17-9-5-8-16(12-17)24(25,26)27/h2-13H,14H2,1H3,(H,28,31). The van der Waals surface area contributed by atoms with E-state index in [1.54, 1.807) is 19.2 Å². The molecule has 5 nitrogen and oxygen atoms in total. The van der Waals surface area contributed by atoms with Gasteiger partial charge in [0.2, 0.25) is 5.91 Å². The third kappa shape index (κ3) is 5.43. The molecule has 4 aromatic rings. The minimum absolute atomic E-state index is 0.0478. The van der Waals surface area contributed by atoms with Crippen LogP contribution in [0, 0.1) is 0 Å². The molecule has 0 aliphatic heterocycles.